The van der Waals surface area contributed by atoms with Gasteiger partial charge in [-0.2, -0.15) is 0 Å². The van der Waals surface area contributed by atoms with Crippen LogP contribution < -0.4 is 9.62 Å². The number of sulfonamides is 1. The van der Waals surface area contributed by atoms with Crippen molar-refractivity contribution in [3.8, 4) is 0 Å². The van der Waals surface area contributed by atoms with E-state index in [0.717, 1.165) is 27.8 Å². The van der Waals surface area contributed by atoms with E-state index in [4.69, 9.17) is 0 Å². The number of amides is 1. The summed E-state index contributed by atoms with van der Waals surface area (Å²) in [6.45, 7) is 4.23. The molecule has 36 heavy (non-hydrogen) atoms. The van der Waals surface area contributed by atoms with Crippen LogP contribution in [0.4, 0.5) is 5.69 Å². The molecule has 0 bridgehead atoms. The van der Waals surface area contributed by atoms with Crippen LogP contribution in [0.2, 0.25) is 0 Å². The number of anilines is 1. The summed E-state index contributed by atoms with van der Waals surface area (Å²) in [5, 5.41) is 3.14. The minimum atomic E-state index is -3.52. The normalized spacial score (nSPS) is 12.1. The fourth-order valence-electron chi connectivity index (χ4n) is 4.02. The van der Waals surface area contributed by atoms with Crippen LogP contribution in [0.5, 0.6) is 0 Å². The highest BCUT2D eigenvalue weighted by Crippen LogP contribution is 2.25. The molecule has 0 radical (unpaired) electrons. The number of hydrogen-bond donors (Lipinski definition) is 1. The first-order chi connectivity index (χ1) is 17.2. The Labute approximate surface area is 213 Å². The van der Waals surface area contributed by atoms with Crippen LogP contribution in [-0.2, 0) is 16.6 Å². The maximum atomic E-state index is 13.2. The third-order valence-electron chi connectivity index (χ3n) is 6.08. The number of carbonyl (C=O) groups is 1. The van der Waals surface area contributed by atoms with Gasteiger partial charge in [-0.3, -0.25) is 9.10 Å². The van der Waals surface area contributed by atoms with Crippen molar-refractivity contribution in [2.75, 3.05) is 10.6 Å². The SMILES string of the molecule is Cc1ccc(CN(c2ccc(C(=O)N[C@@H](c3ccccc3)c3ccc(C)cc3)cc2)S(C)(=O)=O)cc1. The van der Waals surface area contributed by atoms with Gasteiger partial charge in [0.25, 0.3) is 5.91 Å². The van der Waals surface area contributed by atoms with E-state index in [1.165, 1.54) is 10.6 Å². The highest BCUT2D eigenvalue weighted by molar-refractivity contribution is 7.92. The molecular weight excluding hydrogens is 468 g/mol. The van der Waals surface area contributed by atoms with Crippen molar-refractivity contribution in [1.82, 2.24) is 5.32 Å². The van der Waals surface area contributed by atoms with Gasteiger partial charge >= 0.3 is 0 Å². The van der Waals surface area contributed by atoms with E-state index in [2.05, 4.69) is 5.32 Å². The van der Waals surface area contributed by atoms with Gasteiger partial charge in [0, 0.05) is 5.56 Å². The first kappa shape index (κ1) is 25.2. The lowest BCUT2D eigenvalue weighted by Gasteiger charge is -2.23. The van der Waals surface area contributed by atoms with Crippen LogP contribution >= 0.6 is 0 Å². The van der Waals surface area contributed by atoms with Gasteiger partial charge in [-0.25, -0.2) is 8.42 Å². The van der Waals surface area contributed by atoms with Crippen molar-refractivity contribution in [1.29, 1.82) is 0 Å². The molecule has 1 atom stereocenters. The van der Waals surface area contributed by atoms with Gasteiger partial charge in [-0.15, -0.1) is 0 Å². The van der Waals surface area contributed by atoms with Crippen LogP contribution in [0.3, 0.4) is 0 Å². The van der Waals surface area contributed by atoms with Crippen molar-refractivity contribution in [2.45, 2.75) is 26.4 Å². The first-order valence-corrected chi connectivity index (χ1v) is 13.6. The molecule has 6 heteroatoms. The Hall–Kier alpha value is -3.90. The average Bonchev–Trinajstić information content (AvgIpc) is 2.87. The molecule has 1 amide bonds. The van der Waals surface area contributed by atoms with Crippen LogP contribution in [0.1, 0.15) is 44.2 Å². The summed E-state index contributed by atoms with van der Waals surface area (Å²) < 4.78 is 26.4. The predicted molar refractivity (Wildman–Crippen MR) is 146 cm³/mol. The third-order valence-corrected chi connectivity index (χ3v) is 7.22. The molecule has 184 valence electrons. The summed E-state index contributed by atoms with van der Waals surface area (Å²) in [6, 6.07) is 32.0. The number of nitrogens with zero attached hydrogens (tertiary/aromatic N) is 1. The highest BCUT2D eigenvalue weighted by atomic mass is 32.2. The second kappa shape index (κ2) is 10.8. The zero-order chi connectivity index (χ0) is 25.7. The van der Waals surface area contributed by atoms with Crippen molar-refractivity contribution >= 4 is 21.6 Å². The van der Waals surface area contributed by atoms with E-state index in [9.17, 15) is 13.2 Å². The van der Waals surface area contributed by atoms with Gasteiger partial charge in [-0.1, -0.05) is 90.0 Å². The van der Waals surface area contributed by atoms with Gasteiger partial charge in [0.1, 0.15) is 0 Å². The van der Waals surface area contributed by atoms with Crippen LogP contribution in [0.15, 0.2) is 103 Å². The van der Waals surface area contributed by atoms with Crippen LogP contribution in [-0.4, -0.2) is 20.6 Å². The van der Waals surface area contributed by atoms with E-state index >= 15 is 0 Å². The number of nitrogens with one attached hydrogen (secondary N) is 1. The van der Waals surface area contributed by atoms with Crippen molar-refractivity contribution in [3.63, 3.8) is 0 Å². The van der Waals surface area contributed by atoms with Gasteiger partial charge in [0.05, 0.1) is 24.5 Å². The Bertz CT molecular complexity index is 1410. The molecule has 5 nitrogen and oxygen atoms in total. The summed E-state index contributed by atoms with van der Waals surface area (Å²) in [5.41, 5.74) is 6.07. The lowest BCUT2D eigenvalue weighted by Crippen LogP contribution is -2.30. The summed E-state index contributed by atoms with van der Waals surface area (Å²) >= 11 is 0. The van der Waals surface area contributed by atoms with E-state index in [0.29, 0.717) is 11.3 Å². The van der Waals surface area contributed by atoms with Gasteiger partial charge in [-0.05, 0) is 54.8 Å². The predicted octanol–water partition coefficient (Wildman–Crippen LogP) is 5.79. The molecule has 0 aromatic heterocycles. The molecular formula is C30H30N2O3S. The number of carbonyl (C=O) groups excluding carboxylic acids is 1. The number of hydrogen-bond acceptors (Lipinski definition) is 3. The minimum absolute atomic E-state index is 0.216. The van der Waals surface area contributed by atoms with Crippen molar-refractivity contribution in [2.24, 2.45) is 0 Å². The Balaban J connectivity index is 1.57. The second-order valence-corrected chi connectivity index (χ2v) is 10.9. The first-order valence-electron chi connectivity index (χ1n) is 11.8. The Morgan fingerprint density at radius 2 is 1.28 bits per heavy atom. The topological polar surface area (TPSA) is 66.5 Å². The molecule has 4 aromatic carbocycles. The molecule has 4 aromatic rings. The van der Waals surface area contributed by atoms with Crippen molar-refractivity contribution in [3.05, 3.63) is 137 Å². The third kappa shape index (κ3) is 6.20. The summed E-state index contributed by atoms with van der Waals surface area (Å²) in [6.07, 6.45) is 1.19. The molecule has 0 unspecified atom stereocenters. The van der Waals surface area contributed by atoms with E-state index < -0.39 is 10.0 Å². The molecule has 0 fully saturated rings. The highest BCUT2D eigenvalue weighted by Gasteiger charge is 2.20. The van der Waals surface area contributed by atoms with Gasteiger partial charge in [0.2, 0.25) is 10.0 Å². The molecule has 0 aliphatic heterocycles. The summed E-state index contributed by atoms with van der Waals surface area (Å²) in [4.78, 5) is 13.2. The zero-order valence-electron chi connectivity index (χ0n) is 20.7. The molecule has 0 spiro atoms. The smallest absolute Gasteiger partial charge is 0.252 e. The molecule has 0 saturated carbocycles. The summed E-state index contributed by atoms with van der Waals surface area (Å²) in [5.74, 6) is -0.236. The van der Waals surface area contributed by atoms with Gasteiger partial charge < -0.3 is 5.32 Å². The molecule has 4 rings (SSSR count). The largest absolute Gasteiger partial charge is 0.341 e. The number of benzene rings is 4. The molecule has 0 heterocycles. The Morgan fingerprint density at radius 1 is 0.750 bits per heavy atom. The quantitative estimate of drug-likeness (QED) is 0.334. The maximum Gasteiger partial charge on any atom is 0.252 e. The Kier molecular flexibility index (Phi) is 7.55. The van der Waals surface area contributed by atoms with E-state index in [1.54, 1.807) is 24.3 Å². The lowest BCUT2D eigenvalue weighted by molar-refractivity contribution is 0.0943. The maximum absolute atomic E-state index is 13.2. The van der Waals surface area contributed by atoms with E-state index in [1.807, 2.05) is 92.7 Å². The molecule has 0 aliphatic rings. The van der Waals surface area contributed by atoms with Crippen LogP contribution in [0, 0.1) is 13.8 Å². The van der Waals surface area contributed by atoms with Crippen molar-refractivity contribution < 1.29 is 13.2 Å². The standard InChI is InChI=1S/C30H30N2O3S/c1-22-9-13-24(14-10-22)21-32(36(3,34)35)28-19-17-27(18-20-28)30(33)31-29(25-7-5-4-6-8-25)26-15-11-23(2)12-16-26/h4-20,29H,21H2,1-3H3,(H,31,33)/t29-/m0/s1. The summed E-state index contributed by atoms with van der Waals surface area (Å²) in [7, 11) is -3.52. The minimum Gasteiger partial charge on any atom is -0.341 e. The zero-order valence-corrected chi connectivity index (χ0v) is 21.5. The lowest BCUT2D eigenvalue weighted by atomic mass is 9.97. The fourth-order valence-corrected chi connectivity index (χ4v) is 4.90. The number of rotatable bonds is 8. The molecule has 1 N–H and O–H groups in total. The van der Waals surface area contributed by atoms with Gasteiger partial charge in [0.15, 0.2) is 0 Å². The van der Waals surface area contributed by atoms with Crippen LogP contribution in [0.25, 0.3) is 0 Å². The fraction of sp³-hybridized carbons (Fsp3) is 0.167. The molecule has 0 saturated heterocycles. The Morgan fingerprint density at radius 3 is 1.83 bits per heavy atom. The average molecular weight is 499 g/mol. The van der Waals surface area contributed by atoms with E-state index in [-0.39, 0.29) is 18.5 Å². The number of aryl methyl sites for hydroxylation is 2. The molecule has 0 aliphatic carbocycles. The second-order valence-electron chi connectivity index (χ2n) is 9.03. The monoisotopic (exact) mass is 498 g/mol.